The molecule has 0 heterocycles. The highest BCUT2D eigenvalue weighted by atomic mass is 35.5. The van der Waals surface area contributed by atoms with Gasteiger partial charge in [-0.1, -0.05) is 52.5 Å². The van der Waals surface area contributed by atoms with Gasteiger partial charge in [0.05, 0.1) is 20.8 Å². The minimum absolute atomic E-state index is 0.403. The van der Waals surface area contributed by atoms with Crippen LogP contribution in [0.2, 0.25) is 15.1 Å². The number of aryl methyl sites for hydroxylation is 2. The van der Waals surface area contributed by atoms with Crippen molar-refractivity contribution in [2.45, 2.75) is 13.8 Å². The molecule has 0 amide bonds. The Morgan fingerprint density at radius 1 is 0.857 bits per heavy atom. The maximum atomic E-state index is 6.11. The highest BCUT2D eigenvalue weighted by Gasteiger charge is 2.08. The highest BCUT2D eigenvalue weighted by Crippen LogP contribution is 2.32. The van der Waals surface area contributed by atoms with Crippen molar-refractivity contribution in [2.75, 3.05) is 10.6 Å². The second-order valence-corrected chi connectivity index (χ2v) is 6.27. The first-order valence-electron chi connectivity index (χ1n) is 6.16. The first-order chi connectivity index (χ1) is 9.86. The summed E-state index contributed by atoms with van der Waals surface area (Å²) in [6.45, 7) is 4.06. The number of thiocarbonyl (C=S) groups is 1. The molecule has 0 bridgehead atoms. The first kappa shape index (κ1) is 16.4. The normalized spacial score (nSPS) is 10.3. The molecule has 0 aliphatic rings. The fourth-order valence-corrected chi connectivity index (χ4v) is 2.66. The lowest BCUT2D eigenvalue weighted by molar-refractivity contribution is 1.38. The van der Waals surface area contributed by atoms with Crippen LogP contribution in [0.25, 0.3) is 0 Å². The van der Waals surface area contributed by atoms with Gasteiger partial charge in [-0.3, -0.25) is 0 Å². The van der Waals surface area contributed by atoms with Crippen molar-refractivity contribution >= 4 is 63.5 Å². The zero-order chi connectivity index (χ0) is 15.6. The molecule has 2 aromatic carbocycles. The molecule has 0 saturated carbocycles. The molecule has 0 aliphatic heterocycles. The van der Waals surface area contributed by atoms with Crippen molar-refractivity contribution in [1.82, 2.24) is 0 Å². The molecule has 21 heavy (non-hydrogen) atoms. The van der Waals surface area contributed by atoms with Gasteiger partial charge in [-0.15, -0.1) is 0 Å². The van der Waals surface area contributed by atoms with Gasteiger partial charge in [-0.25, -0.2) is 0 Å². The maximum Gasteiger partial charge on any atom is 0.175 e. The number of halogens is 3. The number of hydrogen-bond donors (Lipinski definition) is 2. The van der Waals surface area contributed by atoms with Crippen LogP contribution in [0.3, 0.4) is 0 Å². The molecule has 110 valence electrons. The fourth-order valence-electron chi connectivity index (χ4n) is 1.85. The summed E-state index contributed by atoms with van der Waals surface area (Å²) in [6.07, 6.45) is 0. The van der Waals surface area contributed by atoms with Crippen molar-refractivity contribution in [2.24, 2.45) is 0 Å². The van der Waals surface area contributed by atoms with Gasteiger partial charge >= 0.3 is 0 Å². The monoisotopic (exact) mass is 358 g/mol. The van der Waals surface area contributed by atoms with Gasteiger partial charge in [-0.05, 0) is 49.8 Å². The average Bonchev–Trinajstić information content (AvgIpc) is 2.39. The van der Waals surface area contributed by atoms with Crippen molar-refractivity contribution < 1.29 is 0 Å². The Morgan fingerprint density at radius 3 is 2.14 bits per heavy atom. The van der Waals surface area contributed by atoms with E-state index in [9.17, 15) is 0 Å². The maximum absolute atomic E-state index is 6.11. The Morgan fingerprint density at radius 2 is 1.48 bits per heavy atom. The minimum atomic E-state index is 0.403. The summed E-state index contributed by atoms with van der Waals surface area (Å²) in [7, 11) is 0. The fraction of sp³-hybridized carbons (Fsp3) is 0.133. The first-order valence-corrected chi connectivity index (χ1v) is 7.71. The zero-order valence-electron chi connectivity index (χ0n) is 11.4. The van der Waals surface area contributed by atoms with E-state index in [0.29, 0.717) is 25.9 Å². The quantitative estimate of drug-likeness (QED) is 0.502. The third-order valence-electron chi connectivity index (χ3n) is 2.89. The van der Waals surface area contributed by atoms with E-state index in [2.05, 4.69) is 16.7 Å². The number of anilines is 2. The van der Waals surface area contributed by atoms with Gasteiger partial charge in [-0.2, -0.15) is 0 Å². The predicted molar refractivity (Wildman–Crippen MR) is 97.2 cm³/mol. The van der Waals surface area contributed by atoms with Gasteiger partial charge < -0.3 is 10.6 Å². The molecule has 6 heteroatoms. The smallest absolute Gasteiger partial charge is 0.175 e. The van der Waals surface area contributed by atoms with Crippen LogP contribution in [0, 0.1) is 13.8 Å². The summed E-state index contributed by atoms with van der Waals surface area (Å²) in [4.78, 5) is 0. The third kappa shape index (κ3) is 4.24. The predicted octanol–water partition coefficient (Wildman–Crippen LogP) is 6.07. The topological polar surface area (TPSA) is 24.1 Å². The molecule has 0 aromatic heterocycles. The highest BCUT2D eigenvalue weighted by molar-refractivity contribution is 7.80. The lowest BCUT2D eigenvalue weighted by Crippen LogP contribution is -2.19. The van der Waals surface area contributed by atoms with E-state index in [-0.39, 0.29) is 0 Å². The van der Waals surface area contributed by atoms with Crippen LogP contribution in [0.15, 0.2) is 30.3 Å². The van der Waals surface area contributed by atoms with Gasteiger partial charge in [0, 0.05) is 5.69 Å². The molecule has 2 N–H and O–H groups in total. The van der Waals surface area contributed by atoms with Gasteiger partial charge in [0.2, 0.25) is 0 Å². The third-order valence-corrected chi connectivity index (χ3v) is 4.13. The van der Waals surface area contributed by atoms with Crippen LogP contribution in [-0.2, 0) is 0 Å². The van der Waals surface area contributed by atoms with Gasteiger partial charge in [0.25, 0.3) is 0 Å². The molecule has 0 aliphatic carbocycles. The summed E-state index contributed by atoms with van der Waals surface area (Å²) >= 11 is 23.3. The summed E-state index contributed by atoms with van der Waals surface area (Å²) in [5.41, 5.74) is 3.85. The van der Waals surface area contributed by atoms with Crippen molar-refractivity contribution in [1.29, 1.82) is 0 Å². The molecule has 0 spiro atoms. The Balaban J connectivity index is 2.13. The van der Waals surface area contributed by atoms with Crippen molar-refractivity contribution in [3.63, 3.8) is 0 Å². The number of nitrogens with one attached hydrogen (secondary N) is 2. The van der Waals surface area contributed by atoms with E-state index >= 15 is 0 Å². The SMILES string of the molecule is Cc1ccc(NC(=S)Nc2cc(Cl)c(Cl)cc2Cl)c(C)c1. The standard InChI is InChI=1S/C15H13Cl3N2S/c1-8-3-4-13(9(2)5-8)19-15(21)20-14-7-11(17)10(16)6-12(14)18/h3-7H,1-2H3,(H2,19,20,21). The van der Waals surface area contributed by atoms with Crippen molar-refractivity contribution in [3.05, 3.63) is 56.5 Å². The number of benzene rings is 2. The number of hydrogen-bond acceptors (Lipinski definition) is 1. The summed E-state index contributed by atoms with van der Waals surface area (Å²) in [5.74, 6) is 0. The molecular formula is C15H13Cl3N2S. The molecular weight excluding hydrogens is 347 g/mol. The van der Waals surface area contributed by atoms with Crippen molar-refractivity contribution in [3.8, 4) is 0 Å². The van der Waals surface area contributed by atoms with Crippen LogP contribution in [-0.4, -0.2) is 5.11 Å². The Bertz CT molecular complexity index is 702. The van der Waals surface area contributed by atoms with E-state index in [1.54, 1.807) is 12.1 Å². The summed E-state index contributed by atoms with van der Waals surface area (Å²) < 4.78 is 0. The lowest BCUT2D eigenvalue weighted by Gasteiger charge is -2.14. The average molecular weight is 360 g/mol. The zero-order valence-corrected chi connectivity index (χ0v) is 14.5. The second kappa shape index (κ2) is 6.84. The van der Waals surface area contributed by atoms with E-state index in [0.717, 1.165) is 11.3 Å². The van der Waals surface area contributed by atoms with E-state index in [4.69, 9.17) is 47.0 Å². The molecule has 2 aromatic rings. The summed E-state index contributed by atoms with van der Waals surface area (Å²) in [6, 6.07) is 9.30. The van der Waals surface area contributed by atoms with Crippen LogP contribution >= 0.6 is 47.0 Å². The molecule has 0 saturated heterocycles. The largest absolute Gasteiger partial charge is 0.332 e. The Hall–Kier alpha value is -1.00. The van der Waals surface area contributed by atoms with Crippen LogP contribution < -0.4 is 10.6 Å². The minimum Gasteiger partial charge on any atom is -0.332 e. The van der Waals surface area contributed by atoms with Gasteiger partial charge in [0.1, 0.15) is 0 Å². The summed E-state index contributed by atoms with van der Waals surface area (Å²) in [5, 5.41) is 7.85. The lowest BCUT2D eigenvalue weighted by atomic mass is 10.1. The van der Waals surface area contributed by atoms with Crippen LogP contribution in [0.4, 0.5) is 11.4 Å². The molecule has 2 nitrogen and oxygen atoms in total. The Labute approximate surface area is 144 Å². The molecule has 0 radical (unpaired) electrons. The van der Waals surface area contributed by atoms with Crippen LogP contribution in [0.5, 0.6) is 0 Å². The number of rotatable bonds is 2. The second-order valence-electron chi connectivity index (χ2n) is 4.64. The molecule has 0 fully saturated rings. The molecule has 0 unspecified atom stereocenters. The van der Waals surface area contributed by atoms with E-state index < -0.39 is 0 Å². The molecule has 2 rings (SSSR count). The molecule has 0 atom stereocenters. The van der Waals surface area contributed by atoms with E-state index in [1.807, 2.05) is 26.0 Å². The van der Waals surface area contributed by atoms with E-state index in [1.165, 1.54) is 5.56 Å². The van der Waals surface area contributed by atoms with Gasteiger partial charge in [0.15, 0.2) is 5.11 Å². The van der Waals surface area contributed by atoms with Crippen LogP contribution in [0.1, 0.15) is 11.1 Å². The Kier molecular flexibility index (Phi) is 5.33.